The van der Waals surface area contributed by atoms with Gasteiger partial charge in [0, 0.05) is 25.9 Å². The second-order valence-electron chi connectivity index (χ2n) is 3.62. The molecule has 1 N–H and O–H groups in total. The lowest BCUT2D eigenvalue weighted by Gasteiger charge is -2.18. The van der Waals surface area contributed by atoms with Crippen molar-refractivity contribution in [3.63, 3.8) is 0 Å². The van der Waals surface area contributed by atoms with Crippen LogP contribution in [0.2, 0.25) is 0 Å². The molecule has 0 aromatic carbocycles. The van der Waals surface area contributed by atoms with E-state index in [0.29, 0.717) is 6.42 Å². The van der Waals surface area contributed by atoms with E-state index in [2.05, 4.69) is 20.6 Å². The average molecular weight is 225 g/mol. The molecule has 0 unspecified atom stereocenters. The van der Waals surface area contributed by atoms with E-state index in [-0.39, 0.29) is 5.91 Å². The number of unbranched alkanes of at least 4 members (excludes halogenated alkanes) is 1. The largest absolute Gasteiger partial charge is 0.343 e. The van der Waals surface area contributed by atoms with Crippen LogP contribution < -0.4 is 0 Å². The minimum Gasteiger partial charge on any atom is -0.343 e. The van der Waals surface area contributed by atoms with Crippen molar-refractivity contribution in [1.82, 2.24) is 25.5 Å². The predicted molar refractivity (Wildman–Crippen MR) is 59.7 cm³/mol. The maximum absolute atomic E-state index is 11.6. The summed E-state index contributed by atoms with van der Waals surface area (Å²) in [6, 6.07) is 0. The quantitative estimate of drug-likeness (QED) is 0.696. The minimum atomic E-state index is 0.237. The Morgan fingerprint density at radius 1 is 1.31 bits per heavy atom. The number of carbonyl (C=O) groups excluding carboxylic acids is 1. The van der Waals surface area contributed by atoms with E-state index >= 15 is 0 Å². The number of rotatable bonds is 7. The molecule has 90 valence electrons. The number of nitrogens with zero attached hydrogens (tertiary/aromatic N) is 4. The van der Waals surface area contributed by atoms with Gasteiger partial charge in [-0.25, -0.2) is 5.10 Å². The molecule has 0 spiro atoms. The molecule has 0 saturated carbocycles. The molecule has 0 radical (unpaired) electrons. The maximum atomic E-state index is 11.6. The number of nitrogens with one attached hydrogen (secondary N) is 1. The third kappa shape index (κ3) is 3.96. The van der Waals surface area contributed by atoms with Gasteiger partial charge in [0.05, 0.1) is 0 Å². The fourth-order valence-corrected chi connectivity index (χ4v) is 1.59. The van der Waals surface area contributed by atoms with Crippen LogP contribution in [0.3, 0.4) is 0 Å². The molecule has 1 aromatic heterocycles. The van der Waals surface area contributed by atoms with Crippen molar-refractivity contribution in [2.24, 2.45) is 0 Å². The normalized spacial score (nSPS) is 10.4. The van der Waals surface area contributed by atoms with Crippen LogP contribution in [0.5, 0.6) is 0 Å². The van der Waals surface area contributed by atoms with Crippen LogP contribution in [0.1, 0.15) is 38.9 Å². The number of aryl methyl sites for hydroxylation is 1. The number of aromatic amines is 1. The van der Waals surface area contributed by atoms with Crippen LogP contribution in [0.15, 0.2) is 0 Å². The lowest BCUT2D eigenvalue weighted by atomic mass is 10.1. The first-order valence-corrected chi connectivity index (χ1v) is 5.78. The van der Waals surface area contributed by atoms with Crippen molar-refractivity contribution in [1.29, 1.82) is 0 Å². The van der Waals surface area contributed by atoms with Crippen molar-refractivity contribution in [3.8, 4) is 0 Å². The zero-order valence-electron chi connectivity index (χ0n) is 9.94. The summed E-state index contributed by atoms with van der Waals surface area (Å²) in [6.07, 6.45) is 3.24. The molecular formula is C10H19N5O. The predicted octanol–water partition coefficient (Wildman–Crippen LogP) is 0.781. The summed E-state index contributed by atoms with van der Waals surface area (Å²) in [5.41, 5.74) is 0. The van der Waals surface area contributed by atoms with E-state index in [4.69, 9.17) is 0 Å². The smallest absolute Gasteiger partial charge is 0.222 e. The highest BCUT2D eigenvalue weighted by atomic mass is 16.2. The summed E-state index contributed by atoms with van der Waals surface area (Å²) in [5.74, 6) is 1.02. The Hall–Kier alpha value is -1.46. The molecule has 0 aliphatic carbocycles. The van der Waals surface area contributed by atoms with E-state index in [1.54, 1.807) is 0 Å². The fourth-order valence-electron chi connectivity index (χ4n) is 1.59. The Morgan fingerprint density at radius 2 is 2.06 bits per heavy atom. The number of H-pyrrole nitrogens is 1. The van der Waals surface area contributed by atoms with Gasteiger partial charge in [0.1, 0.15) is 5.82 Å². The highest BCUT2D eigenvalue weighted by molar-refractivity contribution is 5.75. The summed E-state index contributed by atoms with van der Waals surface area (Å²) in [4.78, 5) is 13.5. The van der Waals surface area contributed by atoms with Gasteiger partial charge < -0.3 is 4.90 Å². The molecule has 0 saturated heterocycles. The first kappa shape index (κ1) is 12.6. The summed E-state index contributed by atoms with van der Waals surface area (Å²) in [6.45, 7) is 5.59. The van der Waals surface area contributed by atoms with Gasteiger partial charge in [-0.15, -0.1) is 5.10 Å². The van der Waals surface area contributed by atoms with E-state index in [1.165, 1.54) is 0 Å². The zero-order valence-corrected chi connectivity index (χ0v) is 9.94. The fraction of sp³-hybridized carbons (Fsp3) is 0.800. The monoisotopic (exact) mass is 225 g/mol. The molecule has 0 fully saturated rings. The third-order valence-corrected chi connectivity index (χ3v) is 2.56. The molecular weight excluding hydrogens is 206 g/mol. The number of hydrogen-bond donors (Lipinski definition) is 1. The molecule has 0 bridgehead atoms. The van der Waals surface area contributed by atoms with Crippen LogP contribution in [0.4, 0.5) is 0 Å². The molecule has 6 nitrogen and oxygen atoms in total. The highest BCUT2D eigenvalue weighted by Crippen LogP contribution is 2.03. The summed E-state index contributed by atoms with van der Waals surface area (Å²) < 4.78 is 0. The first-order valence-electron chi connectivity index (χ1n) is 5.78. The Bertz CT molecular complexity index is 294. The van der Waals surface area contributed by atoms with Gasteiger partial charge in [0.15, 0.2) is 0 Å². The van der Waals surface area contributed by atoms with Crippen LogP contribution in [-0.4, -0.2) is 44.5 Å². The Labute approximate surface area is 95.4 Å². The second-order valence-corrected chi connectivity index (χ2v) is 3.62. The molecule has 16 heavy (non-hydrogen) atoms. The number of tetrazole rings is 1. The van der Waals surface area contributed by atoms with E-state index in [9.17, 15) is 4.79 Å². The summed E-state index contributed by atoms with van der Waals surface area (Å²) in [5, 5.41) is 13.5. The van der Waals surface area contributed by atoms with Gasteiger partial charge in [0.2, 0.25) is 5.91 Å². The van der Waals surface area contributed by atoms with Crippen LogP contribution in [0.25, 0.3) is 0 Å². The average Bonchev–Trinajstić information content (AvgIpc) is 2.79. The summed E-state index contributed by atoms with van der Waals surface area (Å²) >= 11 is 0. The maximum Gasteiger partial charge on any atom is 0.222 e. The van der Waals surface area contributed by atoms with Gasteiger partial charge in [-0.1, -0.05) is 0 Å². The number of amides is 1. The molecule has 6 heteroatoms. The zero-order chi connectivity index (χ0) is 11.8. The molecule has 0 aliphatic heterocycles. The van der Waals surface area contributed by atoms with Gasteiger partial charge in [-0.05, 0) is 37.1 Å². The molecule has 0 atom stereocenters. The Balaban J connectivity index is 2.13. The molecule has 1 heterocycles. The molecule has 1 rings (SSSR count). The lowest BCUT2D eigenvalue weighted by molar-refractivity contribution is -0.130. The number of hydrogen-bond acceptors (Lipinski definition) is 4. The summed E-state index contributed by atoms with van der Waals surface area (Å²) in [7, 11) is 0. The van der Waals surface area contributed by atoms with Gasteiger partial charge >= 0.3 is 0 Å². The first-order chi connectivity index (χ1) is 7.77. The highest BCUT2D eigenvalue weighted by Gasteiger charge is 2.08. The van der Waals surface area contributed by atoms with E-state index in [0.717, 1.165) is 38.2 Å². The van der Waals surface area contributed by atoms with Crippen LogP contribution in [0, 0.1) is 0 Å². The van der Waals surface area contributed by atoms with Crippen molar-refractivity contribution in [2.45, 2.75) is 39.5 Å². The molecule has 0 aliphatic rings. The number of aromatic nitrogens is 4. The van der Waals surface area contributed by atoms with Crippen molar-refractivity contribution >= 4 is 5.91 Å². The van der Waals surface area contributed by atoms with Gasteiger partial charge in [-0.2, -0.15) is 0 Å². The SMILES string of the molecule is CCN(CC)C(=O)CCCCc1nnn[nH]1. The van der Waals surface area contributed by atoms with Crippen LogP contribution in [-0.2, 0) is 11.2 Å². The standard InChI is InChI=1S/C10H19N5O/c1-3-15(4-2)10(16)8-6-5-7-9-11-13-14-12-9/h3-8H2,1-2H3,(H,11,12,13,14). The van der Waals surface area contributed by atoms with Crippen molar-refractivity contribution in [2.75, 3.05) is 13.1 Å². The van der Waals surface area contributed by atoms with E-state index in [1.807, 2.05) is 18.7 Å². The Kier molecular flexibility index (Phi) is 5.45. The molecule has 1 aromatic rings. The van der Waals surface area contributed by atoms with E-state index < -0.39 is 0 Å². The lowest BCUT2D eigenvalue weighted by Crippen LogP contribution is -2.30. The van der Waals surface area contributed by atoms with Gasteiger partial charge in [-0.3, -0.25) is 4.79 Å². The topological polar surface area (TPSA) is 74.8 Å². The van der Waals surface area contributed by atoms with Crippen LogP contribution >= 0.6 is 0 Å². The van der Waals surface area contributed by atoms with Gasteiger partial charge in [0.25, 0.3) is 0 Å². The third-order valence-electron chi connectivity index (χ3n) is 2.56. The van der Waals surface area contributed by atoms with Crippen molar-refractivity contribution < 1.29 is 4.79 Å². The number of carbonyl (C=O) groups is 1. The van der Waals surface area contributed by atoms with Crippen molar-refractivity contribution in [3.05, 3.63) is 5.82 Å². The second kappa shape index (κ2) is 6.92. The Morgan fingerprint density at radius 3 is 2.62 bits per heavy atom. The minimum absolute atomic E-state index is 0.237. The molecule has 1 amide bonds.